The van der Waals surface area contributed by atoms with E-state index >= 15 is 0 Å². The lowest BCUT2D eigenvalue weighted by atomic mass is 9.87. The summed E-state index contributed by atoms with van der Waals surface area (Å²) in [7, 11) is 0. The fourth-order valence-corrected chi connectivity index (χ4v) is 2.72. The Morgan fingerprint density at radius 3 is 2.89 bits per heavy atom. The standard InChI is InChI=1S/C15H21FN2O/c1-10-3-2-4-13(7-10)18-9-12-6-5-11(15(17)19)8-14(12)16/h5-6,8,10,13,18H,2-4,7,9H2,1H3,(H2,17,19). The molecule has 1 amide bonds. The van der Waals surface area contributed by atoms with E-state index in [-0.39, 0.29) is 11.4 Å². The van der Waals surface area contributed by atoms with Crippen LogP contribution >= 0.6 is 0 Å². The zero-order chi connectivity index (χ0) is 13.8. The maximum Gasteiger partial charge on any atom is 0.248 e. The van der Waals surface area contributed by atoms with Crippen molar-refractivity contribution in [3.8, 4) is 0 Å². The van der Waals surface area contributed by atoms with Crippen molar-refractivity contribution in [2.45, 2.75) is 45.2 Å². The smallest absolute Gasteiger partial charge is 0.248 e. The number of rotatable bonds is 4. The molecule has 19 heavy (non-hydrogen) atoms. The van der Waals surface area contributed by atoms with Crippen molar-refractivity contribution < 1.29 is 9.18 Å². The second kappa shape index (κ2) is 6.15. The second-order valence-electron chi connectivity index (χ2n) is 5.52. The molecule has 3 nitrogen and oxygen atoms in total. The van der Waals surface area contributed by atoms with E-state index in [1.807, 2.05) is 0 Å². The van der Waals surface area contributed by atoms with Crippen LogP contribution in [0.1, 0.15) is 48.5 Å². The van der Waals surface area contributed by atoms with Crippen molar-refractivity contribution >= 4 is 5.91 Å². The summed E-state index contributed by atoms with van der Waals surface area (Å²) >= 11 is 0. The number of amides is 1. The Bertz CT molecular complexity index is 461. The number of hydrogen-bond acceptors (Lipinski definition) is 2. The van der Waals surface area contributed by atoms with Crippen LogP contribution in [-0.2, 0) is 6.54 Å². The van der Waals surface area contributed by atoms with Gasteiger partial charge in [-0.3, -0.25) is 4.79 Å². The molecule has 0 bridgehead atoms. The summed E-state index contributed by atoms with van der Waals surface area (Å²) in [5.41, 5.74) is 5.92. The summed E-state index contributed by atoms with van der Waals surface area (Å²) in [6.45, 7) is 2.76. The third kappa shape index (κ3) is 3.77. The summed E-state index contributed by atoms with van der Waals surface area (Å²) in [5.74, 6) is -0.222. The number of hydrogen-bond donors (Lipinski definition) is 2. The van der Waals surface area contributed by atoms with Crippen LogP contribution in [-0.4, -0.2) is 11.9 Å². The first kappa shape index (κ1) is 14.0. The van der Waals surface area contributed by atoms with E-state index in [4.69, 9.17) is 5.73 Å². The van der Waals surface area contributed by atoms with Gasteiger partial charge in [0, 0.05) is 23.7 Å². The van der Waals surface area contributed by atoms with Gasteiger partial charge in [-0.2, -0.15) is 0 Å². The average molecular weight is 264 g/mol. The molecule has 0 saturated heterocycles. The summed E-state index contributed by atoms with van der Waals surface area (Å²) in [6.07, 6.45) is 4.84. The number of nitrogens with one attached hydrogen (secondary N) is 1. The molecule has 0 heterocycles. The summed E-state index contributed by atoms with van der Waals surface area (Å²) in [4.78, 5) is 10.9. The summed E-state index contributed by atoms with van der Waals surface area (Å²) in [5, 5.41) is 3.40. The Morgan fingerprint density at radius 1 is 1.47 bits per heavy atom. The Kier molecular flexibility index (Phi) is 4.53. The van der Waals surface area contributed by atoms with Gasteiger partial charge in [-0.05, 0) is 30.9 Å². The van der Waals surface area contributed by atoms with Crippen molar-refractivity contribution in [3.63, 3.8) is 0 Å². The minimum atomic E-state index is -0.598. The number of nitrogens with two attached hydrogens (primary N) is 1. The largest absolute Gasteiger partial charge is 0.366 e. The third-order valence-electron chi connectivity index (χ3n) is 3.86. The predicted molar refractivity (Wildman–Crippen MR) is 73.2 cm³/mol. The van der Waals surface area contributed by atoms with Gasteiger partial charge in [0.25, 0.3) is 0 Å². The van der Waals surface area contributed by atoms with Crippen LogP contribution in [0, 0.1) is 11.7 Å². The fraction of sp³-hybridized carbons (Fsp3) is 0.533. The number of halogens is 1. The predicted octanol–water partition coefficient (Wildman–Crippen LogP) is 2.59. The molecular formula is C15H21FN2O. The van der Waals surface area contributed by atoms with E-state index in [1.165, 1.54) is 18.9 Å². The Labute approximate surface area is 113 Å². The summed E-state index contributed by atoms with van der Waals surface area (Å²) in [6, 6.07) is 4.89. The van der Waals surface area contributed by atoms with Crippen molar-refractivity contribution in [2.75, 3.05) is 0 Å². The van der Waals surface area contributed by atoms with E-state index in [9.17, 15) is 9.18 Å². The minimum absolute atomic E-state index is 0.215. The molecular weight excluding hydrogens is 243 g/mol. The lowest BCUT2D eigenvalue weighted by Crippen LogP contribution is -2.33. The lowest BCUT2D eigenvalue weighted by Gasteiger charge is -2.27. The Morgan fingerprint density at radius 2 is 2.26 bits per heavy atom. The molecule has 0 spiro atoms. The zero-order valence-corrected chi connectivity index (χ0v) is 11.3. The van der Waals surface area contributed by atoms with Gasteiger partial charge in [-0.1, -0.05) is 25.8 Å². The van der Waals surface area contributed by atoms with E-state index in [2.05, 4.69) is 12.2 Å². The van der Waals surface area contributed by atoms with Gasteiger partial charge in [0.1, 0.15) is 5.82 Å². The maximum atomic E-state index is 13.8. The van der Waals surface area contributed by atoms with Gasteiger partial charge in [0.2, 0.25) is 5.91 Å². The van der Waals surface area contributed by atoms with Gasteiger partial charge in [0.05, 0.1) is 0 Å². The monoisotopic (exact) mass is 264 g/mol. The minimum Gasteiger partial charge on any atom is -0.366 e. The molecule has 0 radical (unpaired) electrons. The fourth-order valence-electron chi connectivity index (χ4n) is 2.72. The molecule has 0 aromatic heterocycles. The normalized spacial score (nSPS) is 23.3. The molecule has 1 aliphatic carbocycles. The first-order valence-corrected chi connectivity index (χ1v) is 6.88. The van der Waals surface area contributed by atoms with Crippen LogP contribution in [0.2, 0.25) is 0 Å². The van der Waals surface area contributed by atoms with Crippen molar-refractivity contribution in [2.24, 2.45) is 11.7 Å². The maximum absolute atomic E-state index is 13.8. The van der Waals surface area contributed by atoms with Gasteiger partial charge in [0.15, 0.2) is 0 Å². The first-order chi connectivity index (χ1) is 9.06. The van der Waals surface area contributed by atoms with Crippen LogP contribution in [0.3, 0.4) is 0 Å². The number of primary amides is 1. The van der Waals surface area contributed by atoms with Crippen LogP contribution in [0.25, 0.3) is 0 Å². The topological polar surface area (TPSA) is 55.1 Å². The average Bonchev–Trinajstić information content (AvgIpc) is 2.37. The van der Waals surface area contributed by atoms with Crippen LogP contribution in [0.4, 0.5) is 4.39 Å². The number of benzene rings is 1. The quantitative estimate of drug-likeness (QED) is 0.878. The molecule has 0 aliphatic heterocycles. The van der Waals surface area contributed by atoms with Crippen LogP contribution < -0.4 is 11.1 Å². The Hall–Kier alpha value is -1.42. The van der Waals surface area contributed by atoms with E-state index in [1.54, 1.807) is 12.1 Å². The van der Waals surface area contributed by atoms with E-state index in [0.717, 1.165) is 18.8 Å². The lowest BCUT2D eigenvalue weighted by molar-refractivity contribution is 0.1000. The molecule has 1 fully saturated rings. The summed E-state index contributed by atoms with van der Waals surface area (Å²) < 4.78 is 13.8. The van der Waals surface area contributed by atoms with Gasteiger partial charge in [-0.15, -0.1) is 0 Å². The molecule has 2 unspecified atom stereocenters. The molecule has 1 saturated carbocycles. The zero-order valence-electron chi connectivity index (χ0n) is 11.3. The second-order valence-corrected chi connectivity index (χ2v) is 5.52. The molecule has 104 valence electrons. The molecule has 1 aromatic carbocycles. The van der Waals surface area contributed by atoms with Gasteiger partial charge >= 0.3 is 0 Å². The molecule has 4 heteroatoms. The molecule has 2 atom stereocenters. The van der Waals surface area contributed by atoms with E-state index in [0.29, 0.717) is 18.2 Å². The molecule has 2 rings (SSSR count). The highest BCUT2D eigenvalue weighted by atomic mass is 19.1. The highest BCUT2D eigenvalue weighted by molar-refractivity contribution is 5.92. The number of carbonyl (C=O) groups is 1. The van der Waals surface area contributed by atoms with Crippen LogP contribution in [0.15, 0.2) is 18.2 Å². The van der Waals surface area contributed by atoms with Crippen molar-refractivity contribution in [1.29, 1.82) is 0 Å². The highest BCUT2D eigenvalue weighted by Crippen LogP contribution is 2.23. The van der Waals surface area contributed by atoms with Crippen LogP contribution in [0.5, 0.6) is 0 Å². The third-order valence-corrected chi connectivity index (χ3v) is 3.86. The van der Waals surface area contributed by atoms with Crippen molar-refractivity contribution in [3.05, 3.63) is 35.1 Å². The van der Waals surface area contributed by atoms with E-state index < -0.39 is 5.91 Å². The molecule has 1 aliphatic rings. The van der Waals surface area contributed by atoms with Gasteiger partial charge < -0.3 is 11.1 Å². The number of carbonyl (C=O) groups excluding carboxylic acids is 1. The molecule has 3 N–H and O–H groups in total. The first-order valence-electron chi connectivity index (χ1n) is 6.88. The van der Waals surface area contributed by atoms with Crippen molar-refractivity contribution in [1.82, 2.24) is 5.32 Å². The highest BCUT2D eigenvalue weighted by Gasteiger charge is 2.18. The Balaban J connectivity index is 1.94. The molecule has 1 aromatic rings. The SMILES string of the molecule is CC1CCCC(NCc2ccc(C(N)=O)cc2F)C1. The van der Waals surface area contributed by atoms with Gasteiger partial charge in [-0.25, -0.2) is 4.39 Å².